The molecule has 1 aromatic rings. The van der Waals surface area contributed by atoms with Gasteiger partial charge in [0, 0.05) is 6.42 Å². The highest BCUT2D eigenvalue weighted by atomic mass is 19.1. The van der Waals surface area contributed by atoms with Gasteiger partial charge in [0.15, 0.2) is 6.29 Å². The highest BCUT2D eigenvalue weighted by molar-refractivity contribution is 6.63. The van der Waals surface area contributed by atoms with Crippen LogP contribution in [0.3, 0.4) is 0 Å². The van der Waals surface area contributed by atoms with Crippen molar-refractivity contribution in [2.45, 2.75) is 64.4 Å². The number of hydrogen-bond acceptors (Lipinski definition) is 4. The molecule has 1 aromatic carbocycles. The first-order valence-electron chi connectivity index (χ1n) is 8.22. The molecular formula is C17H24BFO4. The Morgan fingerprint density at radius 2 is 1.83 bits per heavy atom. The predicted molar refractivity (Wildman–Crippen MR) is 86.3 cm³/mol. The zero-order chi connectivity index (χ0) is 16.7. The van der Waals surface area contributed by atoms with Crippen LogP contribution in [0.4, 0.5) is 4.39 Å². The van der Waals surface area contributed by atoms with E-state index in [9.17, 15) is 4.39 Å². The van der Waals surface area contributed by atoms with Crippen molar-refractivity contribution in [1.29, 1.82) is 0 Å². The average molecular weight is 322 g/mol. The first-order chi connectivity index (χ1) is 10.8. The summed E-state index contributed by atoms with van der Waals surface area (Å²) in [4.78, 5) is 0. The molecule has 0 radical (unpaired) electrons. The summed E-state index contributed by atoms with van der Waals surface area (Å²) in [6.07, 6.45) is 2.55. The van der Waals surface area contributed by atoms with E-state index in [0.717, 1.165) is 19.3 Å². The van der Waals surface area contributed by atoms with Crippen molar-refractivity contribution in [1.82, 2.24) is 0 Å². The lowest BCUT2D eigenvalue weighted by Crippen LogP contribution is -2.41. The average Bonchev–Trinajstić information content (AvgIpc) is 2.68. The van der Waals surface area contributed by atoms with Gasteiger partial charge in [-0.3, -0.25) is 0 Å². The van der Waals surface area contributed by atoms with Crippen LogP contribution < -0.4 is 10.2 Å². The van der Waals surface area contributed by atoms with E-state index in [1.807, 2.05) is 27.7 Å². The molecule has 2 fully saturated rings. The van der Waals surface area contributed by atoms with Crippen molar-refractivity contribution in [3.8, 4) is 5.75 Å². The van der Waals surface area contributed by atoms with Crippen molar-refractivity contribution < 1.29 is 23.2 Å². The topological polar surface area (TPSA) is 36.9 Å². The summed E-state index contributed by atoms with van der Waals surface area (Å²) < 4.78 is 37.9. The molecule has 0 bridgehead atoms. The van der Waals surface area contributed by atoms with Crippen LogP contribution in [-0.4, -0.2) is 31.2 Å². The quantitative estimate of drug-likeness (QED) is 0.802. The van der Waals surface area contributed by atoms with E-state index < -0.39 is 24.1 Å². The van der Waals surface area contributed by atoms with E-state index in [1.165, 1.54) is 6.07 Å². The van der Waals surface area contributed by atoms with Crippen LogP contribution in [-0.2, 0) is 14.0 Å². The zero-order valence-electron chi connectivity index (χ0n) is 14.2. The lowest BCUT2D eigenvalue weighted by Gasteiger charge is -2.32. The van der Waals surface area contributed by atoms with E-state index in [0.29, 0.717) is 17.8 Å². The molecule has 0 amide bonds. The van der Waals surface area contributed by atoms with Gasteiger partial charge in [-0.1, -0.05) is 6.07 Å². The summed E-state index contributed by atoms with van der Waals surface area (Å²) in [5, 5.41) is 0. The van der Waals surface area contributed by atoms with Gasteiger partial charge in [0.05, 0.1) is 23.3 Å². The molecule has 1 unspecified atom stereocenters. The minimum Gasteiger partial charge on any atom is -0.465 e. The molecule has 23 heavy (non-hydrogen) atoms. The zero-order valence-corrected chi connectivity index (χ0v) is 14.2. The molecule has 2 heterocycles. The molecule has 2 saturated heterocycles. The second kappa shape index (κ2) is 6.08. The Labute approximate surface area is 137 Å². The summed E-state index contributed by atoms with van der Waals surface area (Å²) in [6, 6.07) is 4.76. The van der Waals surface area contributed by atoms with Gasteiger partial charge in [0.1, 0.15) is 11.6 Å². The van der Waals surface area contributed by atoms with E-state index in [2.05, 4.69) is 0 Å². The van der Waals surface area contributed by atoms with Gasteiger partial charge >= 0.3 is 7.12 Å². The number of halogens is 1. The van der Waals surface area contributed by atoms with Gasteiger partial charge in [-0.25, -0.2) is 4.39 Å². The third-order valence-corrected chi connectivity index (χ3v) is 4.90. The third-order valence-electron chi connectivity index (χ3n) is 4.90. The van der Waals surface area contributed by atoms with Gasteiger partial charge < -0.3 is 18.8 Å². The smallest absolute Gasteiger partial charge is 0.465 e. The fourth-order valence-corrected chi connectivity index (χ4v) is 2.76. The SMILES string of the molecule is CC1(C)OB(c2c(F)cccc2OC2CCCCO2)OC1(C)C. The Bertz CT molecular complexity index is 554. The Balaban J connectivity index is 1.87. The molecule has 0 spiro atoms. The van der Waals surface area contributed by atoms with Crippen molar-refractivity contribution in [2.24, 2.45) is 0 Å². The monoisotopic (exact) mass is 322 g/mol. The molecule has 0 aliphatic carbocycles. The molecule has 4 nitrogen and oxygen atoms in total. The number of rotatable bonds is 3. The van der Waals surface area contributed by atoms with Gasteiger partial charge in [-0.05, 0) is 52.7 Å². The van der Waals surface area contributed by atoms with Crippen molar-refractivity contribution in [2.75, 3.05) is 6.61 Å². The summed E-state index contributed by atoms with van der Waals surface area (Å²) >= 11 is 0. The summed E-state index contributed by atoms with van der Waals surface area (Å²) in [6.45, 7) is 8.44. The summed E-state index contributed by atoms with van der Waals surface area (Å²) in [5.74, 6) is 0.0345. The Morgan fingerprint density at radius 1 is 1.13 bits per heavy atom. The lowest BCUT2D eigenvalue weighted by molar-refractivity contribution is -0.105. The third kappa shape index (κ3) is 3.25. The van der Waals surface area contributed by atoms with Gasteiger partial charge in [-0.15, -0.1) is 0 Å². The largest absolute Gasteiger partial charge is 0.501 e. The maximum atomic E-state index is 14.5. The van der Waals surface area contributed by atoms with Crippen molar-refractivity contribution in [3.63, 3.8) is 0 Å². The predicted octanol–water partition coefficient (Wildman–Crippen LogP) is 3.03. The maximum Gasteiger partial charge on any atom is 0.501 e. The van der Waals surface area contributed by atoms with Crippen LogP contribution in [0.5, 0.6) is 5.75 Å². The molecule has 126 valence electrons. The number of benzene rings is 1. The second-order valence-electron chi connectivity index (χ2n) is 7.15. The first-order valence-corrected chi connectivity index (χ1v) is 8.22. The van der Waals surface area contributed by atoms with Crippen LogP contribution >= 0.6 is 0 Å². The minimum atomic E-state index is -0.792. The van der Waals surface area contributed by atoms with E-state index in [4.69, 9.17) is 18.8 Å². The molecule has 0 saturated carbocycles. The Morgan fingerprint density at radius 3 is 2.43 bits per heavy atom. The Kier molecular flexibility index (Phi) is 4.42. The Hall–Kier alpha value is -1.11. The van der Waals surface area contributed by atoms with Crippen LogP contribution in [0.2, 0.25) is 0 Å². The first kappa shape index (κ1) is 16.7. The normalized spacial score (nSPS) is 26.3. The van der Waals surface area contributed by atoms with Crippen molar-refractivity contribution in [3.05, 3.63) is 24.0 Å². The fraction of sp³-hybridized carbons (Fsp3) is 0.647. The fourth-order valence-electron chi connectivity index (χ4n) is 2.76. The minimum absolute atomic E-state index is 0.306. The molecule has 3 rings (SSSR count). The van der Waals surface area contributed by atoms with Gasteiger partial charge in [0.25, 0.3) is 0 Å². The van der Waals surface area contributed by atoms with Gasteiger partial charge in [-0.2, -0.15) is 0 Å². The van der Waals surface area contributed by atoms with Crippen LogP contribution in [0, 0.1) is 5.82 Å². The molecule has 0 aromatic heterocycles. The number of ether oxygens (including phenoxy) is 2. The molecule has 2 aliphatic heterocycles. The van der Waals surface area contributed by atoms with Crippen LogP contribution in [0.15, 0.2) is 18.2 Å². The molecule has 1 atom stereocenters. The lowest BCUT2D eigenvalue weighted by atomic mass is 9.78. The summed E-state index contributed by atoms with van der Waals surface area (Å²) in [5.41, 5.74) is -0.753. The van der Waals surface area contributed by atoms with Gasteiger partial charge in [0.2, 0.25) is 0 Å². The highest BCUT2D eigenvalue weighted by Gasteiger charge is 2.53. The standard InChI is InChI=1S/C17H24BFO4/c1-16(2)17(3,4)23-18(22-16)15-12(19)8-7-9-13(15)21-14-10-5-6-11-20-14/h7-9,14H,5-6,10-11H2,1-4H3. The maximum absolute atomic E-state index is 14.5. The molecule has 6 heteroatoms. The van der Waals surface area contributed by atoms with E-state index >= 15 is 0 Å². The number of hydrogen-bond donors (Lipinski definition) is 0. The summed E-state index contributed by atoms with van der Waals surface area (Å²) in [7, 11) is -0.792. The highest BCUT2D eigenvalue weighted by Crippen LogP contribution is 2.37. The van der Waals surface area contributed by atoms with E-state index in [-0.39, 0.29) is 6.29 Å². The van der Waals surface area contributed by atoms with Crippen molar-refractivity contribution >= 4 is 12.6 Å². The second-order valence-corrected chi connectivity index (χ2v) is 7.15. The van der Waals surface area contributed by atoms with E-state index in [1.54, 1.807) is 12.1 Å². The van der Waals surface area contributed by atoms with Crippen LogP contribution in [0.25, 0.3) is 0 Å². The molecular weight excluding hydrogens is 298 g/mol. The van der Waals surface area contributed by atoms with Crippen LogP contribution in [0.1, 0.15) is 47.0 Å². The molecule has 0 N–H and O–H groups in total. The molecule has 2 aliphatic rings.